The van der Waals surface area contributed by atoms with E-state index in [0.717, 1.165) is 18.4 Å². The van der Waals surface area contributed by atoms with Crippen LogP contribution in [0.25, 0.3) is 10.9 Å². The Bertz CT molecular complexity index is 590. The Hall–Kier alpha value is -1.79. The molecule has 3 nitrogen and oxygen atoms in total. The minimum Gasteiger partial charge on any atom is -0.379 e. The van der Waals surface area contributed by atoms with Gasteiger partial charge in [0.2, 0.25) is 0 Å². The highest BCUT2D eigenvalue weighted by atomic mass is 16.5. The summed E-state index contributed by atoms with van der Waals surface area (Å²) in [6.07, 6.45) is 3.02. The number of benzene rings is 1. The summed E-state index contributed by atoms with van der Waals surface area (Å²) in [6, 6.07) is 10.0. The number of methoxy groups -OCH3 is 1. The van der Waals surface area contributed by atoms with Crippen LogP contribution in [0.2, 0.25) is 0 Å². The van der Waals surface area contributed by atoms with Gasteiger partial charge in [0.15, 0.2) is 0 Å². The first-order chi connectivity index (χ1) is 8.55. The zero-order valence-corrected chi connectivity index (χ0v) is 11.1. The number of rotatable bonds is 4. The zero-order valence-electron chi connectivity index (χ0n) is 11.1. The van der Waals surface area contributed by atoms with Gasteiger partial charge in [-0.05, 0) is 44.5 Å². The third kappa shape index (κ3) is 2.55. The molecule has 0 radical (unpaired) electrons. The SMILES string of the molecule is COC(C)(C)CCn1ccc2cc(C#N)ccc21. The Balaban J connectivity index is 2.23. The summed E-state index contributed by atoms with van der Waals surface area (Å²) in [6.45, 7) is 5.09. The van der Waals surface area contributed by atoms with Crippen LogP contribution in [0.5, 0.6) is 0 Å². The number of nitrogens with zero attached hydrogens (tertiary/aromatic N) is 2. The third-order valence-corrected chi connectivity index (χ3v) is 3.41. The van der Waals surface area contributed by atoms with Crippen molar-refractivity contribution in [1.29, 1.82) is 5.26 Å². The smallest absolute Gasteiger partial charge is 0.0991 e. The second-order valence-electron chi connectivity index (χ2n) is 5.11. The molecule has 1 aromatic carbocycles. The first-order valence-corrected chi connectivity index (χ1v) is 6.10. The van der Waals surface area contributed by atoms with E-state index in [9.17, 15) is 0 Å². The summed E-state index contributed by atoms with van der Waals surface area (Å²) in [5.74, 6) is 0. The van der Waals surface area contributed by atoms with E-state index in [1.807, 2.05) is 18.2 Å². The van der Waals surface area contributed by atoms with Gasteiger partial charge in [-0.1, -0.05) is 0 Å². The maximum atomic E-state index is 8.87. The van der Waals surface area contributed by atoms with E-state index >= 15 is 0 Å². The molecule has 0 atom stereocenters. The van der Waals surface area contributed by atoms with Gasteiger partial charge in [-0.3, -0.25) is 0 Å². The molecule has 0 saturated heterocycles. The molecule has 0 N–H and O–H groups in total. The minimum atomic E-state index is -0.108. The van der Waals surface area contributed by atoms with E-state index in [2.05, 4.69) is 36.7 Å². The van der Waals surface area contributed by atoms with Crippen molar-refractivity contribution >= 4 is 10.9 Å². The third-order valence-electron chi connectivity index (χ3n) is 3.41. The molecule has 0 unspecified atom stereocenters. The lowest BCUT2D eigenvalue weighted by molar-refractivity contribution is 0.0123. The average molecular weight is 242 g/mol. The van der Waals surface area contributed by atoms with Crippen molar-refractivity contribution in [3.05, 3.63) is 36.0 Å². The molecular weight excluding hydrogens is 224 g/mol. The molecule has 2 aromatic rings. The van der Waals surface area contributed by atoms with E-state index in [1.54, 1.807) is 7.11 Å². The second-order valence-corrected chi connectivity index (χ2v) is 5.11. The van der Waals surface area contributed by atoms with Gasteiger partial charge in [0.25, 0.3) is 0 Å². The quantitative estimate of drug-likeness (QED) is 0.824. The van der Waals surface area contributed by atoms with Crippen molar-refractivity contribution in [2.24, 2.45) is 0 Å². The summed E-state index contributed by atoms with van der Waals surface area (Å²) in [7, 11) is 1.74. The lowest BCUT2D eigenvalue weighted by atomic mass is 10.1. The molecule has 2 rings (SSSR count). The standard InChI is InChI=1S/C15H18N2O/c1-15(2,18-3)7-9-17-8-6-13-10-12(11-16)4-5-14(13)17/h4-6,8,10H,7,9H2,1-3H3. The number of hydrogen-bond acceptors (Lipinski definition) is 2. The van der Waals surface area contributed by atoms with Crippen LogP contribution in [0.15, 0.2) is 30.5 Å². The van der Waals surface area contributed by atoms with Gasteiger partial charge in [-0.2, -0.15) is 5.26 Å². The molecule has 18 heavy (non-hydrogen) atoms. The highest BCUT2D eigenvalue weighted by Crippen LogP contribution is 2.20. The Morgan fingerprint density at radius 3 is 2.78 bits per heavy atom. The van der Waals surface area contributed by atoms with E-state index in [4.69, 9.17) is 10.00 Å². The summed E-state index contributed by atoms with van der Waals surface area (Å²) >= 11 is 0. The largest absolute Gasteiger partial charge is 0.379 e. The highest BCUT2D eigenvalue weighted by Gasteiger charge is 2.16. The molecule has 0 aliphatic heterocycles. The van der Waals surface area contributed by atoms with Crippen molar-refractivity contribution in [1.82, 2.24) is 4.57 Å². The molecule has 0 spiro atoms. The van der Waals surface area contributed by atoms with E-state index in [1.165, 1.54) is 5.52 Å². The van der Waals surface area contributed by atoms with E-state index < -0.39 is 0 Å². The van der Waals surface area contributed by atoms with Gasteiger partial charge in [0, 0.05) is 30.8 Å². The minimum absolute atomic E-state index is 0.108. The van der Waals surface area contributed by atoms with Crippen molar-refractivity contribution in [2.75, 3.05) is 7.11 Å². The molecule has 1 aromatic heterocycles. The maximum absolute atomic E-state index is 8.87. The van der Waals surface area contributed by atoms with Crippen molar-refractivity contribution in [3.8, 4) is 6.07 Å². The van der Waals surface area contributed by atoms with Gasteiger partial charge in [0.1, 0.15) is 0 Å². The number of nitriles is 1. The molecule has 3 heteroatoms. The predicted octanol–water partition coefficient (Wildman–Crippen LogP) is 3.33. The lowest BCUT2D eigenvalue weighted by Crippen LogP contribution is -2.24. The topological polar surface area (TPSA) is 38.0 Å². The molecule has 94 valence electrons. The average Bonchev–Trinajstić information content (AvgIpc) is 2.78. The zero-order chi connectivity index (χ0) is 13.2. The number of hydrogen-bond donors (Lipinski definition) is 0. The van der Waals surface area contributed by atoms with Crippen LogP contribution < -0.4 is 0 Å². The van der Waals surface area contributed by atoms with Crippen molar-refractivity contribution in [2.45, 2.75) is 32.4 Å². The summed E-state index contributed by atoms with van der Waals surface area (Å²) in [5.41, 5.74) is 1.77. The molecule has 1 heterocycles. The number of aromatic nitrogens is 1. The lowest BCUT2D eigenvalue weighted by Gasteiger charge is -2.23. The van der Waals surface area contributed by atoms with Gasteiger partial charge in [-0.25, -0.2) is 0 Å². The van der Waals surface area contributed by atoms with Crippen molar-refractivity contribution in [3.63, 3.8) is 0 Å². The summed E-state index contributed by atoms with van der Waals surface area (Å²) < 4.78 is 7.63. The fourth-order valence-corrected chi connectivity index (χ4v) is 1.96. The van der Waals surface area contributed by atoms with Gasteiger partial charge < -0.3 is 9.30 Å². The van der Waals surface area contributed by atoms with Crippen molar-refractivity contribution < 1.29 is 4.74 Å². The van der Waals surface area contributed by atoms with Crippen LogP contribution in [-0.4, -0.2) is 17.3 Å². The van der Waals surface area contributed by atoms with E-state index in [0.29, 0.717) is 5.56 Å². The first-order valence-electron chi connectivity index (χ1n) is 6.10. The van der Waals surface area contributed by atoms with Gasteiger partial charge in [0.05, 0.1) is 17.2 Å². The summed E-state index contributed by atoms with van der Waals surface area (Å²) in [4.78, 5) is 0. The van der Waals surface area contributed by atoms with Crippen LogP contribution in [0.1, 0.15) is 25.8 Å². The molecule has 0 saturated carbocycles. The number of fused-ring (bicyclic) bond motifs is 1. The molecular formula is C15H18N2O. The number of aryl methyl sites for hydroxylation is 1. The normalized spacial score (nSPS) is 11.7. The summed E-state index contributed by atoms with van der Waals surface area (Å²) in [5, 5.41) is 9.99. The Morgan fingerprint density at radius 2 is 2.11 bits per heavy atom. The first kappa shape index (κ1) is 12.7. The molecule has 0 aliphatic carbocycles. The van der Waals surface area contributed by atoms with Crippen LogP contribution in [-0.2, 0) is 11.3 Å². The molecule has 0 aliphatic rings. The molecule has 0 bridgehead atoms. The Kier molecular flexibility index (Phi) is 3.40. The van der Waals surface area contributed by atoms with Crippen LogP contribution in [0.4, 0.5) is 0 Å². The maximum Gasteiger partial charge on any atom is 0.0991 e. The van der Waals surface area contributed by atoms with Gasteiger partial charge >= 0.3 is 0 Å². The van der Waals surface area contributed by atoms with Gasteiger partial charge in [-0.15, -0.1) is 0 Å². The highest BCUT2D eigenvalue weighted by molar-refractivity contribution is 5.81. The van der Waals surface area contributed by atoms with Crippen LogP contribution in [0.3, 0.4) is 0 Å². The predicted molar refractivity (Wildman–Crippen MR) is 72.4 cm³/mol. The Morgan fingerprint density at radius 1 is 1.33 bits per heavy atom. The molecule has 0 amide bonds. The second kappa shape index (κ2) is 4.83. The van der Waals surface area contributed by atoms with Crippen LogP contribution in [0, 0.1) is 11.3 Å². The van der Waals surface area contributed by atoms with Crippen LogP contribution >= 0.6 is 0 Å². The fourth-order valence-electron chi connectivity index (χ4n) is 1.96. The monoisotopic (exact) mass is 242 g/mol. The molecule has 0 fully saturated rings. The number of ether oxygens (including phenoxy) is 1. The Labute approximate surface area is 108 Å². The van der Waals surface area contributed by atoms with E-state index in [-0.39, 0.29) is 5.60 Å². The fraction of sp³-hybridized carbons (Fsp3) is 0.400.